The van der Waals surface area contributed by atoms with E-state index in [0.29, 0.717) is 12.6 Å². The first-order valence-corrected chi connectivity index (χ1v) is 10.7. The fourth-order valence-electron chi connectivity index (χ4n) is 4.49. The molecule has 0 radical (unpaired) electrons. The number of ether oxygens (including phenoxy) is 1. The zero-order valence-electron chi connectivity index (χ0n) is 18.5. The summed E-state index contributed by atoms with van der Waals surface area (Å²) < 4.78 is 42.7. The maximum Gasteiger partial charge on any atom is 0.573 e. The first-order valence-electron chi connectivity index (χ1n) is 10.7. The highest BCUT2D eigenvalue weighted by molar-refractivity contribution is 5.93. The molecule has 172 valence electrons. The third kappa shape index (κ3) is 4.80. The number of fused-ring (bicyclic) bond motifs is 1. The first-order chi connectivity index (χ1) is 15.1. The number of rotatable bonds is 5. The molecule has 1 aliphatic rings. The van der Waals surface area contributed by atoms with Crippen LogP contribution in [0.4, 0.5) is 18.9 Å². The highest BCUT2D eigenvalue weighted by atomic mass is 19.4. The summed E-state index contributed by atoms with van der Waals surface area (Å²) in [5, 5.41) is 12.6. The van der Waals surface area contributed by atoms with Gasteiger partial charge in [0.15, 0.2) is 5.88 Å². The van der Waals surface area contributed by atoms with E-state index >= 15 is 0 Å². The Bertz CT molecular complexity index is 1080. The minimum absolute atomic E-state index is 0.154. The van der Waals surface area contributed by atoms with Crippen LogP contribution in [0.5, 0.6) is 11.6 Å². The molecule has 2 heterocycles. The van der Waals surface area contributed by atoms with Gasteiger partial charge in [-0.1, -0.05) is 12.1 Å². The van der Waals surface area contributed by atoms with E-state index < -0.39 is 6.36 Å². The van der Waals surface area contributed by atoms with E-state index in [0.717, 1.165) is 53.5 Å². The quantitative estimate of drug-likeness (QED) is 0.589. The van der Waals surface area contributed by atoms with Crippen molar-refractivity contribution in [1.29, 1.82) is 0 Å². The van der Waals surface area contributed by atoms with Gasteiger partial charge in [-0.15, -0.1) is 13.2 Å². The van der Waals surface area contributed by atoms with E-state index in [-0.39, 0.29) is 11.6 Å². The predicted molar refractivity (Wildman–Crippen MR) is 119 cm³/mol. The molecule has 4 rings (SSSR count). The summed E-state index contributed by atoms with van der Waals surface area (Å²) in [5.74, 6) is -0.109. The van der Waals surface area contributed by atoms with Crippen LogP contribution >= 0.6 is 0 Å². The summed E-state index contributed by atoms with van der Waals surface area (Å²) in [6, 6.07) is 10.4. The second kappa shape index (κ2) is 8.58. The van der Waals surface area contributed by atoms with E-state index in [1.54, 1.807) is 16.7 Å². The maximum atomic E-state index is 12.4. The van der Waals surface area contributed by atoms with Crippen molar-refractivity contribution < 1.29 is 23.0 Å². The Morgan fingerprint density at radius 3 is 2.41 bits per heavy atom. The monoisotopic (exact) mass is 447 g/mol. The molecule has 0 bridgehead atoms. The molecule has 0 amide bonds. The number of hydrogen-bond acceptors (Lipinski definition) is 4. The molecule has 1 saturated heterocycles. The van der Waals surface area contributed by atoms with Gasteiger partial charge >= 0.3 is 6.36 Å². The summed E-state index contributed by atoms with van der Waals surface area (Å²) in [4.78, 5) is 4.67. The van der Waals surface area contributed by atoms with E-state index in [4.69, 9.17) is 0 Å². The highest BCUT2D eigenvalue weighted by Gasteiger charge is 2.31. The van der Waals surface area contributed by atoms with Gasteiger partial charge < -0.3 is 24.2 Å². The lowest BCUT2D eigenvalue weighted by Crippen LogP contribution is -2.42. The van der Waals surface area contributed by atoms with Gasteiger partial charge in [-0.3, -0.25) is 0 Å². The molecule has 1 aromatic heterocycles. The number of halogens is 3. The van der Waals surface area contributed by atoms with Crippen LogP contribution in [-0.2, 0) is 6.54 Å². The molecule has 1 aliphatic heterocycles. The van der Waals surface area contributed by atoms with Gasteiger partial charge in [0.2, 0.25) is 0 Å². The van der Waals surface area contributed by atoms with Crippen LogP contribution in [-0.4, -0.2) is 54.2 Å². The van der Waals surface area contributed by atoms with Crippen molar-refractivity contribution in [2.75, 3.05) is 32.1 Å². The van der Waals surface area contributed by atoms with Crippen molar-refractivity contribution in [3.63, 3.8) is 0 Å². The van der Waals surface area contributed by atoms with Crippen LogP contribution in [0.2, 0.25) is 0 Å². The summed E-state index contributed by atoms with van der Waals surface area (Å²) >= 11 is 0. The lowest BCUT2D eigenvalue weighted by atomic mass is 10.0. The Balaban J connectivity index is 1.56. The molecule has 1 N–H and O–H groups in total. The van der Waals surface area contributed by atoms with Crippen LogP contribution in [0.3, 0.4) is 0 Å². The van der Waals surface area contributed by atoms with Gasteiger partial charge in [0.1, 0.15) is 5.75 Å². The number of aromatic nitrogens is 1. The van der Waals surface area contributed by atoms with Crippen LogP contribution in [0, 0.1) is 6.92 Å². The van der Waals surface area contributed by atoms with Gasteiger partial charge in [-0.25, -0.2) is 0 Å². The Morgan fingerprint density at radius 1 is 1.12 bits per heavy atom. The number of benzene rings is 2. The number of likely N-dealkylation sites (tertiary alicyclic amines) is 1. The number of alkyl halides is 3. The Kier molecular flexibility index (Phi) is 5.99. The SMILES string of the molecule is Cc1cc(N(C)C2CCN(C)CC2)cc2cn(Cc3ccc(OC(F)(F)F)cc3)c(O)c12. The Hall–Kier alpha value is -2.87. The van der Waals surface area contributed by atoms with Crippen molar-refractivity contribution in [2.45, 2.75) is 38.7 Å². The lowest BCUT2D eigenvalue weighted by Gasteiger charge is -2.36. The van der Waals surface area contributed by atoms with Crippen molar-refractivity contribution in [3.8, 4) is 11.6 Å². The number of aryl methyl sites for hydroxylation is 1. The van der Waals surface area contributed by atoms with E-state index in [9.17, 15) is 18.3 Å². The number of aromatic hydroxyl groups is 1. The Labute approximate surface area is 185 Å². The molecule has 0 unspecified atom stereocenters. The van der Waals surface area contributed by atoms with Gasteiger partial charge in [-0.2, -0.15) is 0 Å². The zero-order valence-corrected chi connectivity index (χ0v) is 18.5. The van der Waals surface area contributed by atoms with Crippen molar-refractivity contribution in [1.82, 2.24) is 9.47 Å². The van der Waals surface area contributed by atoms with Crippen LogP contribution in [0.25, 0.3) is 10.8 Å². The number of piperidine rings is 1. The molecule has 0 spiro atoms. The van der Waals surface area contributed by atoms with Crippen LogP contribution in [0.1, 0.15) is 24.0 Å². The van der Waals surface area contributed by atoms with E-state index in [2.05, 4.69) is 40.8 Å². The molecule has 0 aliphatic carbocycles. The van der Waals surface area contributed by atoms with Crippen molar-refractivity contribution >= 4 is 16.5 Å². The topological polar surface area (TPSA) is 40.9 Å². The highest BCUT2D eigenvalue weighted by Crippen LogP contribution is 2.35. The summed E-state index contributed by atoms with van der Waals surface area (Å²) in [5.41, 5.74) is 2.87. The minimum atomic E-state index is -4.71. The number of anilines is 1. The largest absolute Gasteiger partial charge is 0.573 e. The zero-order chi connectivity index (χ0) is 23.0. The third-order valence-electron chi connectivity index (χ3n) is 6.29. The summed E-state index contributed by atoms with van der Waals surface area (Å²) in [6.07, 6.45) is -0.591. The molecule has 0 saturated carbocycles. The van der Waals surface area contributed by atoms with Gasteiger partial charge in [-0.05, 0) is 75.3 Å². The molecule has 1 fully saturated rings. The minimum Gasteiger partial charge on any atom is -0.494 e. The van der Waals surface area contributed by atoms with Crippen LogP contribution in [0.15, 0.2) is 42.6 Å². The standard InChI is InChI=1S/C24H28F3N3O2/c1-16-12-20(29(3)19-8-10-28(2)11-9-19)13-18-15-30(23(31)22(16)18)14-17-4-6-21(7-5-17)32-24(25,26)27/h4-7,12-13,15,19,31H,8-11,14H2,1-3H3. The molecule has 32 heavy (non-hydrogen) atoms. The lowest BCUT2D eigenvalue weighted by molar-refractivity contribution is -0.274. The average Bonchev–Trinajstić information content (AvgIpc) is 3.04. The summed E-state index contributed by atoms with van der Waals surface area (Å²) in [6.45, 7) is 4.49. The van der Waals surface area contributed by atoms with Crippen molar-refractivity contribution in [2.24, 2.45) is 0 Å². The molecule has 0 atom stereocenters. The van der Waals surface area contributed by atoms with Crippen LogP contribution < -0.4 is 9.64 Å². The number of hydrogen-bond donors (Lipinski definition) is 1. The average molecular weight is 448 g/mol. The third-order valence-corrected chi connectivity index (χ3v) is 6.29. The van der Waals surface area contributed by atoms with E-state index in [1.807, 2.05) is 13.1 Å². The molecular weight excluding hydrogens is 419 g/mol. The predicted octanol–water partition coefficient (Wildman–Crippen LogP) is 5.13. The molecule has 3 aromatic rings. The van der Waals surface area contributed by atoms with Gasteiger partial charge in [0.25, 0.3) is 0 Å². The molecular formula is C24H28F3N3O2. The van der Waals surface area contributed by atoms with E-state index in [1.165, 1.54) is 12.1 Å². The Morgan fingerprint density at radius 2 is 1.78 bits per heavy atom. The van der Waals surface area contributed by atoms with Gasteiger partial charge in [0.05, 0.1) is 6.54 Å². The molecule has 2 aromatic carbocycles. The van der Waals surface area contributed by atoms with Crippen molar-refractivity contribution in [3.05, 3.63) is 53.7 Å². The molecule has 5 nitrogen and oxygen atoms in total. The van der Waals surface area contributed by atoms with Gasteiger partial charge in [0, 0.05) is 35.7 Å². The smallest absolute Gasteiger partial charge is 0.494 e. The normalized spacial score (nSPS) is 15.9. The first kappa shape index (κ1) is 22.3. The fourth-order valence-corrected chi connectivity index (χ4v) is 4.49. The molecule has 8 heteroatoms. The summed E-state index contributed by atoms with van der Waals surface area (Å²) in [7, 11) is 4.27. The second-order valence-corrected chi connectivity index (χ2v) is 8.64. The maximum absolute atomic E-state index is 12.4. The fraction of sp³-hybridized carbons (Fsp3) is 0.417. The number of nitrogens with zero attached hydrogens (tertiary/aromatic N) is 3. The second-order valence-electron chi connectivity index (χ2n) is 8.64.